The van der Waals surface area contributed by atoms with E-state index >= 15 is 0 Å². The third kappa shape index (κ3) is 2.57. The summed E-state index contributed by atoms with van der Waals surface area (Å²) < 4.78 is 18.8. The Morgan fingerprint density at radius 1 is 1.24 bits per heavy atom. The third-order valence-electron chi connectivity index (χ3n) is 4.26. The Labute approximate surface area is 121 Å². The number of aliphatic carboxylic acids is 1. The van der Waals surface area contributed by atoms with Gasteiger partial charge in [0.05, 0.1) is 24.5 Å². The molecule has 0 spiro atoms. The Balaban J connectivity index is 1.73. The molecular formula is C15H16FNO4. The van der Waals surface area contributed by atoms with Crippen LogP contribution in [0.5, 0.6) is 5.75 Å². The normalized spacial score (nSPS) is 27.0. The fourth-order valence-corrected chi connectivity index (χ4v) is 2.90. The number of carbonyl (C=O) groups is 2. The summed E-state index contributed by atoms with van der Waals surface area (Å²) in [5, 5.41) is 11.8. The van der Waals surface area contributed by atoms with E-state index in [4.69, 9.17) is 9.84 Å². The van der Waals surface area contributed by atoms with Crippen molar-refractivity contribution >= 4 is 11.9 Å². The molecule has 21 heavy (non-hydrogen) atoms. The van der Waals surface area contributed by atoms with Gasteiger partial charge >= 0.3 is 5.97 Å². The van der Waals surface area contributed by atoms with E-state index < -0.39 is 17.8 Å². The number of carboxylic acids is 1. The van der Waals surface area contributed by atoms with Crippen LogP contribution in [0.25, 0.3) is 0 Å². The van der Waals surface area contributed by atoms with E-state index in [0.717, 1.165) is 0 Å². The summed E-state index contributed by atoms with van der Waals surface area (Å²) in [5.41, 5.74) is 0.612. The van der Waals surface area contributed by atoms with Gasteiger partial charge in [-0.1, -0.05) is 0 Å². The molecule has 1 aromatic rings. The SMILES string of the molecule is O=C(O)C1CCC1C(=O)NC1CCOc2ccc(F)cc21. The van der Waals surface area contributed by atoms with Crippen LogP contribution in [0.1, 0.15) is 30.9 Å². The van der Waals surface area contributed by atoms with E-state index in [2.05, 4.69) is 5.32 Å². The van der Waals surface area contributed by atoms with Crippen molar-refractivity contribution in [2.75, 3.05) is 6.61 Å². The first kappa shape index (κ1) is 13.9. The topological polar surface area (TPSA) is 75.6 Å². The van der Waals surface area contributed by atoms with Crippen molar-refractivity contribution in [3.8, 4) is 5.75 Å². The maximum absolute atomic E-state index is 13.4. The second-order valence-electron chi connectivity index (χ2n) is 5.51. The monoisotopic (exact) mass is 293 g/mol. The lowest BCUT2D eigenvalue weighted by atomic mass is 9.73. The van der Waals surface area contributed by atoms with Gasteiger partial charge in [-0.2, -0.15) is 0 Å². The highest BCUT2D eigenvalue weighted by molar-refractivity contribution is 5.86. The third-order valence-corrected chi connectivity index (χ3v) is 4.26. The molecule has 112 valence electrons. The quantitative estimate of drug-likeness (QED) is 0.892. The van der Waals surface area contributed by atoms with Crippen molar-refractivity contribution in [2.45, 2.75) is 25.3 Å². The van der Waals surface area contributed by atoms with Crippen molar-refractivity contribution < 1.29 is 23.8 Å². The minimum absolute atomic E-state index is 0.268. The Morgan fingerprint density at radius 2 is 2.00 bits per heavy atom. The van der Waals surface area contributed by atoms with Gasteiger partial charge in [-0.05, 0) is 31.0 Å². The summed E-state index contributed by atoms with van der Waals surface area (Å²) in [6, 6.07) is 3.89. The molecule has 0 bridgehead atoms. The highest BCUT2D eigenvalue weighted by Gasteiger charge is 2.42. The van der Waals surface area contributed by atoms with Crippen LogP contribution in [-0.4, -0.2) is 23.6 Å². The molecule has 1 amide bonds. The molecule has 2 aliphatic rings. The first-order valence-electron chi connectivity index (χ1n) is 7.01. The van der Waals surface area contributed by atoms with E-state index in [9.17, 15) is 14.0 Å². The van der Waals surface area contributed by atoms with Crippen LogP contribution in [0.3, 0.4) is 0 Å². The van der Waals surface area contributed by atoms with Crippen LogP contribution < -0.4 is 10.1 Å². The zero-order valence-corrected chi connectivity index (χ0v) is 11.3. The van der Waals surface area contributed by atoms with Crippen LogP contribution in [0.2, 0.25) is 0 Å². The Bertz CT molecular complexity index is 589. The van der Waals surface area contributed by atoms with Gasteiger partial charge < -0.3 is 15.2 Å². The summed E-state index contributed by atoms with van der Waals surface area (Å²) in [7, 11) is 0. The summed E-state index contributed by atoms with van der Waals surface area (Å²) in [5.74, 6) is -2.10. The number of amides is 1. The molecule has 5 nitrogen and oxygen atoms in total. The molecule has 0 radical (unpaired) electrons. The smallest absolute Gasteiger partial charge is 0.307 e. The zero-order valence-electron chi connectivity index (χ0n) is 11.3. The molecule has 1 saturated carbocycles. The molecule has 2 N–H and O–H groups in total. The lowest BCUT2D eigenvalue weighted by Crippen LogP contribution is -2.45. The van der Waals surface area contributed by atoms with Crippen LogP contribution in [0, 0.1) is 17.7 Å². The fraction of sp³-hybridized carbons (Fsp3) is 0.467. The molecule has 3 atom stereocenters. The first-order valence-corrected chi connectivity index (χ1v) is 7.01. The average Bonchev–Trinajstić information content (AvgIpc) is 2.37. The number of carbonyl (C=O) groups excluding carboxylic acids is 1. The molecule has 3 rings (SSSR count). The standard InChI is InChI=1S/C15H16FNO4/c16-8-1-4-13-11(7-8)12(5-6-21-13)17-14(18)9-2-3-10(9)15(19)20/h1,4,7,9-10,12H,2-3,5-6H2,(H,17,18)(H,19,20). The van der Waals surface area contributed by atoms with Gasteiger partial charge in [0.1, 0.15) is 11.6 Å². The second-order valence-corrected chi connectivity index (χ2v) is 5.51. The molecule has 0 saturated heterocycles. The number of rotatable bonds is 3. The number of hydrogen-bond donors (Lipinski definition) is 2. The van der Waals surface area contributed by atoms with E-state index in [0.29, 0.717) is 37.2 Å². The second kappa shape index (κ2) is 5.35. The number of carboxylic acid groups (broad SMARTS) is 1. The van der Waals surface area contributed by atoms with Crippen LogP contribution in [-0.2, 0) is 9.59 Å². The average molecular weight is 293 g/mol. The molecule has 3 unspecified atom stereocenters. The Morgan fingerprint density at radius 3 is 2.67 bits per heavy atom. The predicted molar refractivity (Wildman–Crippen MR) is 71.2 cm³/mol. The minimum atomic E-state index is -0.931. The number of ether oxygens (including phenoxy) is 1. The Hall–Kier alpha value is -2.11. The van der Waals surface area contributed by atoms with Crippen molar-refractivity contribution in [1.29, 1.82) is 0 Å². The summed E-state index contributed by atoms with van der Waals surface area (Å²) in [6.07, 6.45) is 1.67. The van der Waals surface area contributed by atoms with E-state index in [1.165, 1.54) is 12.1 Å². The van der Waals surface area contributed by atoms with Gasteiger partial charge in [-0.25, -0.2) is 4.39 Å². The molecule has 0 aromatic heterocycles. The molecule has 6 heteroatoms. The highest BCUT2D eigenvalue weighted by atomic mass is 19.1. The molecule has 1 aliphatic carbocycles. The highest BCUT2D eigenvalue weighted by Crippen LogP contribution is 2.37. The Kier molecular flexibility index (Phi) is 3.53. The van der Waals surface area contributed by atoms with E-state index in [-0.39, 0.29) is 17.8 Å². The van der Waals surface area contributed by atoms with Gasteiger partial charge in [0.25, 0.3) is 0 Å². The fourth-order valence-electron chi connectivity index (χ4n) is 2.90. The lowest BCUT2D eigenvalue weighted by Gasteiger charge is -2.34. The number of benzene rings is 1. The number of nitrogens with one attached hydrogen (secondary N) is 1. The largest absolute Gasteiger partial charge is 0.493 e. The summed E-state index contributed by atoms with van der Waals surface area (Å²) >= 11 is 0. The molecule has 1 aromatic carbocycles. The van der Waals surface area contributed by atoms with E-state index in [1.807, 2.05) is 0 Å². The molecular weight excluding hydrogens is 277 g/mol. The van der Waals surface area contributed by atoms with Crippen molar-refractivity contribution in [3.63, 3.8) is 0 Å². The van der Waals surface area contributed by atoms with Gasteiger partial charge in [-0.15, -0.1) is 0 Å². The van der Waals surface area contributed by atoms with Crippen LogP contribution in [0.15, 0.2) is 18.2 Å². The van der Waals surface area contributed by atoms with Gasteiger partial charge in [0, 0.05) is 12.0 Å². The number of halogens is 1. The minimum Gasteiger partial charge on any atom is -0.493 e. The summed E-state index contributed by atoms with van der Waals surface area (Å²) in [4.78, 5) is 23.2. The van der Waals surface area contributed by atoms with Crippen LogP contribution >= 0.6 is 0 Å². The van der Waals surface area contributed by atoms with Gasteiger partial charge in [0.15, 0.2) is 0 Å². The summed E-state index contributed by atoms with van der Waals surface area (Å²) in [6.45, 7) is 0.441. The van der Waals surface area contributed by atoms with E-state index in [1.54, 1.807) is 6.07 Å². The zero-order chi connectivity index (χ0) is 15.0. The van der Waals surface area contributed by atoms with Crippen LogP contribution in [0.4, 0.5) is 4.39 Å². The maximum atomic E-state index is 13.4. The first-order chi connectivity index (χ1) is 10.1. The molecule has 1 aliphatic heterocycles. The maximum Gasteiger partial charge on any atom is 0.307 e. The number of hydrogen-bond acceptors (Lipinski definition) is 3. The van der Waals surface area contributed by atoms with Crippen molar-refractivity contribution in [2.24, 2.45) is 11.8 Å². The van der Waals surface area contributed by atoms with Crippen molar-refractivity contribution in [3.05, 3.63) is 29.6 Å². The number of fused-ring (bicyclic) bond motifs is 1. The van der Waals surface area contributed by atoms with Gasteiger partial charge in [-0.3, -0.25) is 9.59 Å². The predicted octanol–water partition coefficient (Wildman–Crippen LogP) is 1.88. The van der Waals surface area contributed by atoms with Crippen molar-refractivity contribution in [1.82, 2.24) is 5.32 Å². The molecule has 1 heterocycles. The lowest BCUT2D eigenvalue weighted by molar-refractivity contribution is -0.153. The molecule has 1 fully saturated rings. The van der Waals surface area contributed by atoms with Gasteiger partial charge in [0.2, 0.25) is 5.91 Å².